The van der Waals surface area contributed by atoms with Crippen molar-refractivity contribution in [3.8, 4) is 26.6 Å². The Labute approximate surface area is 171 Å². The molecule has 3 heteroatoms. The average Bonchev–Trinajstić information content (AvgIpc) is 3.17. The van der Waals surface area contributed by atoms with Gasteiger partial charge in [-0.1, -0.05) is 85.7 Å². The maximum atomic E-state index is 11.6. The van der Waals surface area contributed by atoms with Crippen molar-refractivity contribution in [2.24, 2.45) is 0 Å². The van der Waals surface area contributed by atoms with E-state index in [0.717, 1.165) is 16.9 Å². The molecule has 0 bridgehead atoms. The van der Waals surface area contributed by atoms with Gasteiger partial charge in [-0.2, -0.15) is 0 Å². The van der Waals surface area contributed by atoms with Crippen LogP contribution in [-0.4, -0.2) is 5.97 Å². The molecule has 2 nitrogen and oxygen atoms in total. The lowest BCUT2D eigenvalue weighted by atomic mass is 10.0. The van der Waals surface area contributed by atoms with Gasteiger partial charge in [-0.15, -0.1) is 0 Å². The van der Waals surface area contributed by atoms with E-state index in [0.29, 0.717) is 5.06 Å². The van der Waals surface area contributed by atoms with E-state index < -0.39 is 0 Å². The van der Waals surface area contributed by atoms with Crippen LogP contribution >= 0.6 is 11.3 Å². The lowest BCUT2D eigenvalue weighted by Crippen LogP contribution is -2.01. The summed E-state index contributed by atoms with van der Waals surface area (Å²) in [6.45, 7) is 4.03. The van der Waals surface area contributed by atoms with Crippen LogP contribution in [0.5, 0.6) is 5.06 Å². The Hall–Kier alpha value is -2.65. The number of carbonyl (C=O) groups is 1. The molecule has 0 amide bonds. The smallest absolute Gasteiger partial charge is 0.336 e. The topological polar surface area (TPSA) is 26.3 Å². The standard InChI is InChI=1S/C25H26O2S/c1-3-5-6-8-19-9-11-20(12-10-19)21-13-15-22(16-14-21)23-17-18-25(28-23)27-24(26)7-4-2/h4,7,9-18H,3,5-6,8H2,1-2H3. The SMILES string of the molecule is CC=CC(=O)Oc1ccc(-c2ccc(-c3ccc(CCCCC)cc3)cc2)s1. The first kappa shape index (κ1) is 20.1. The first-order valence-corrected chi connectivity index (χ1v) is 10.7. The number of esters is 1. The lowest BCUT2D eigenvalue weighted by Gasteiger charge is -2.06. The minimum absolute atomic E-state index is 0.343. The molecule has 3 aromatic rings. The van der Waals surface area contributed by atoms with Crippen LogP contribution in [0, 0.1) is 0 Å². The van der Waals surface area contributed by atoms with E-state index in [4.69, 9.17) is 4.74 Å². The molecule has 0 saturated heterocycles. The Morgan fingerprint density at radius 3 is 2.18 bits per heavy atom. The lowest BCUT2D eigenvalue weighted by molar-refractivity contribution is -0.128. The average molecular weight is 391 g/mol. The fourth-order valence-electron chi connectivity index (χ4n) is 3.07. The first-order chi connectivity index (χ1) is 13.7. The van der Waals surface area contributed by atoms with E-state index in [1.807, 2.05) is 12.1 Å². The molecule has 0 radical (unpaired) electrons. The molecule has 0 fully saturated rings. The van der Waals surface area contributed by atoms with Crippen molar-refractivity contribution >= 4 is 17.3 Å². The zero-order chi connectivity index (χ0) is 19.8. The number of aryl methyl sites for hydroxylation is 1. The van der Waals surface area contributed by atoms with E-state index in [1.165, 1.54) is 53.4 Å². The summed E-state index contributed by atoms with van der Waals surface area (Å²) in [4.78, 5) is 12.6. The number of hydrogen-bond acceptors (Lipinski definition) is 3. The number of ether oxygens (including phenoxy) is 1. The third-order valence-electron chi connectivity index (χ3n) is 4.61. The minimum atomic E-state index is -0.343. The summed E-state index contributed by atoms with van der Waals surface area (Å²) in [6, 6.07) is 21.3. The summed E-state index contributed by atoms with van der Waals surface area (Å²) in [6.07, 6.45) is 8.07. The monoisotopic (exact) mass is 390 g/mol. The van der Waals surface area contributed by atoms with Crippen molar-refractivity contribution in [2.75, 3.05) is 0 Å². The van der Waals surface area contributed by atoms with Gasteiger partial charge in [-0.25, -0.2) is 4.79 Å². The number of benzene rings is 2. The van der Waals surface area contributed by atoms with Gasteiger partial charge in [0.1, 0.15) is 0 Å². The van der Waals surface area contributed by atoms with Crippen molar-refractivity contribution < 1.29 is 9.53 Å². The molecule has 0 aliphatic carbocycles. The third kappa shape index (κ3) is 5.43. The summed E-state index contributed by atoms with van der Waals surface area (Å²) in [5.41, 5.74) is 4.98. The summed E-state index contributed by atoms with van der Waals surface area (Å²) in [7, 11) is 0. The molecule has 144 valence electrons. The molecule has 0 N–H and O–H groups in total. The quantitative estimate of drug-likeness (QED) is 0.229. The third-order valence-corrected chi connectivity index (χ3v) is 5.62. The molecule has 0 atom stereocenters. The number of allylic oxidation sites excluding steroid dienone is 1. The van der Waals surface area contributed by atoms with Gasteiger partial charge >= 0.3 is 5.97 Å². The van der Waals surface area contributed by atoms with Crippen LogP contribution in [0.25, 0.3) is 21.6 Å². The van der Waals surface area contributed by atoms with Crippen LogP contribution in [0.2, 0.25) is 0 Å². The Morgan fingerprint density at radius 1 is 0.893 bits per heavy atom. The predicted octanol–water partition coefficient (Wildman–Crippen LogP) is 7.30. The molecule has 0 saturated carbocycles. The van der Waals surface area contributed by atoms with Crippen LogP contribution in [0.15, 0.2) is 72.8 Å². The number of thiophene rings is 1. The van der Waals surface area contributed by atoms with Crippen molar-refractivity contribution in [3.63, 3.8) is 0 Å². The zero-order valence-electron chi connectivity index (χ0n) is 16.5. The molecule has 1 aromatic heterocycles. The summed E-state index contributed by atoms with van der Waals surface area (Å²) >= 11 is 1.48. The zero-order valence-corrected chi connectivity index (χ0v) is 17.3. The van der Waals surface area contributed by atoms with Crippen LogP contribution in [0.1, 0.15) is 38.7 Å². The van der Waals surface area contributed by atoms with Gasteiger partial charge in [0, 0.05) is 11.0 Å². The van der Waals surface area contributed by atoms with E-state index in [2.05, 4.69) is 55.5 Å². The Balaban J connectivity index is 1.66. The first-order valence-electron chi connectivity index (χ1n) is 9.83. The minimum Gasteiger partial charge on any atom is -0.412 e. The largest absolute Gasteiger partial charge is 0.412 e. The highest BCUT2D eigenvalue weighted by atomic mass is 32.1. The van der Waals surface area contributed by atoms with E-state index in [1.54, 1.807) is 13.0 Å². The fraction of sp³-hybridized carbons (Fsp3) is 0.240. The van der Waals surface area contributed by atoms with E-state index in [-0.39, 0.29) is 5.97 Å². The van der Waals surface area contributed by atoms with E-state index in [9.17, 15) is 4.79 Å². The molecule has 0 spiro atoms. The second-order valence-electron chi connectivity index (χ2n) is 6.77. The second-order valence-corrected chi connectivity index (χ2v) is 7.82. The Kier molecular flexibility index (Phi) is 7.21. The normalized spacial score (nSPS) is 11.1. The molecule has 0 aliphatic rings. The Morgan fingerprint density at radius 2 is 1.54 bits per heavy atom. The second kappa shape index (κ2) is 10.0. The predicted molar refractivity (Wildman–Crippen MR) is 119 cm³/mol. The highest BCUT2D eigenvalue weighted by Crippen LogP contribution is 2.34. The van der Waals surface area contributed by atoms with E-state index >= 15 is 0 Å². The van der Waals surface area contributed by atoms with Gasteiger partial charge in [0.05, 0.1) is 0 Å². The van der Waals surface area contributed by atoms with Crippen LogP contribution < -0.4 is 4.74 Å². The van der Waals surface area contributed by atoms with Crippen molar-refractivity contribution in [1.29, 1.82) is 0 Å². The molecule has 28 heavy (non-hydrogen) atoms. The van der Waals surface area contributed by atoms with Crippen molar-refractivity contribution in [1.82, 2.24) is 0 Å². The van der Waals surface area contributed by atoms with Crippen LogP contribution in [0.3, 0.4) is 0 Å². The molecule has 3 rings (SSSR count). The molecule has 0 unspecified atom stereocenters. The fourth-order valence-corrected chi connectivity index (χ4v) is 3.94. The molecule has 2 aromatic carbocycles. The number of unbranched alkanes of at least 4 members (excludes halogenated alkanes) is 2. The Bertz CT molecular complexity index is 918. The van der Waals surface area contributed by atoms with Crippen molar-refractivity contribution in [3.05, 3.63) is 78.4 Å². The number of rotatable bonds is 8. The van der Waals surface area contributed by atoms with Gasteiger partial charge in [-0.05, 0) is 54.2 Å². The summed E-state index contributed by atoms with van der Waals surface area (Å²) < 4.78 is 5.29. The molecular weight excluding hydrogens is 364 g/mol. The van der Waals surface area contributed by atoms with Gasteiger partial charge in [-0.3, -0.25) is 0 Å². The number of hydrogen-bond donors (Lipinski definition) is 0. The highest BCUT2D eigenvalue weighted by molar-refractivity contribution is 7.17. The van der Waals surface area contributed by atoms with Gasteiger partial charge in [0.25, 0.3) is 0 Å². The highest BCUT2D eigenvalue weighted by Gasteiger charge is 2.07. The van der Waals surface area contributed by atoms with Crippen LogP contribution in [-0.2, 0) is 11.2 Å². The summed E-state index contributed by atoms with van der Waals surface area (Å²) in [5.74, 6) is -0.343. The maximum Gasteiger partial charge on any atom is 0.336 e. The molecular formula is C25H26O2S. The molecule has 1 heterocycles. The number of carbonyl (C=O) groups excluding carboxylic acids is 1. The van der Waals surface area contributed by atoms with Crippen molar-refractivity contribution in [2.45, 2.75) is 39.5 Å². The van der Waals surface area contributed by atoms with Gasteiger partial charge in [0.2, 0.25) is 0 Å². The summed E-state index contributed by atoms with van der Waals surface area (Å²) in [5, 5.41) is 0.612. The van der Waals surface area contributed by atoms with Gasteiger partial charge < -0.3 is 4.74 Å². The van der Waals surface area contributed by atoms with Crippen LogP contribution in [0.4, 0.5) is 0 Å². The molecule has 0 aliphatic heterocycles. The maximum absolute atomic E-state index is 11.6. The van der Waals surface area contributed by atoms with Gasteiger partial charge in [0.15, 0.2) is 5.06 Å².